The van der Waals surface area contributed by atoms with Crippen LogP contribution < -0.4 is 10.2 Å². The lowest BCUT2D eigenvalue weighted by atomic mass is 9.73. The van der Waals surface area contributed by atoms with Crippen molar-refractivity contribution in [2.75, 3.05) is 18.0 Å². The highest BCUT2D eigenvalue weighted by Crippen LogP contribution is 2.37. The number of benzene rings is 1. The minimum atomic E-state index is -0.506. The number of nitrogens with one attached hydrogen (secondary N) is 1. The van der Waals surface area contributed by atoms with Crippen molar-refractivity contribution >= 4 is 23.3 Å². The molecule has 1 fully saturated rings. The molecule has 1 amide bonds. The molecule has 0 bridgehead atoms. The monoisotopic (exact) mass is 406 g/mol. The van der Waals surface area contributed by atoms with Crippen molar-refractivity contribution in [3.05, 3.63) is 88.8 Å². The minimum absolute atomic E-state index is 0.0460. The summed E-state index contributed by atoms with van der Waals surface area (Å²) in [6.07, 6.45) is 4.18. The Balaban J connectivity index is 1.51. The van der Waals surface area contributed by atoms with Crippen molar-refractivity contribution in [1.82, 2.24) is 15.3 Å². The van der Waals surface area contributed by atoms with E-state index in [1.807, 2.05) is 61.5 Å². The largest absolute Gasteiger partial charge is 0.354 e. The number of hydrogen-bond acceptors (Lipinski definition) is 4. The number of rotatable bonds is 6. The molecule has 0 spiro atoms. The van der Waals surface area contributed by atoms with Crippen LogP contribution >= 0.6 is 11.6 Å². The first-order chi connectivity index (χ1) is 14.1. The average Bonchev–Trinajstić information content (AvgIpc) is 2.71. The summed E-state index contributed by atoms with van der Waals surface area (Å²) in [5.41, 5.74) is 2.56. The van der Waals surface area contributed by atoms with Gasteiger partial charge in [-0.25, -0.2) is 4.98 Å². The number of nitrogens with zero attached hydrogens (tertiary/aromatic N) is 3. The molecule has 3 heterocycles. The normalized spacial score (nSPS) is 14.9. The van der Waals surface area contributed by atoms with Gasteiger partial charge in [0.1, 0.15) is 5.82 Å². The fourth-order valence-corrected chi connectivity index (χ4v) is 3.90. The van der Waals surface area contributed by atoms with E-state index in [0.717, 1.165) is 22.6 Å². The van der Waals surface area contributed by atoms with E-state index in [1.165, 1.54) is 0 Å². The SMILES string of the molecule is Cc1cccnc1CNC(=O)C1(Cc2ccc(Cl)cc2)CN(c2ccccn2)C1. The highest BCUT2D eigenvalue weighted by molar-refractivity contribution is 6.30. The highest BCUT2D eigenvalue weighted by Gasteiger charge is 2.49. The highest BCUT2D eigenvalue weighted by atomic mass is 35.5. The van der Waals surface area contributed by atoms with Gasteiger partial charge in [0.25, 0.3) is 0 Å². The van der Waals surface area contributed by atoms with Crippen molar-refractivity contribution in [2.45, 2.75) is 19.9 Å². The third-order valence-electron chi connectivity index (χ3n) is 5.43. The second kappa shape index (κ2) is 8.21. The van der Waals surface area contributed by atoms with E-state index in [2.05, 4.69) is 20.2 Å². The van der Waals surface area contributed by atoms with Crippen LogP contribution in [0, 0.1) is 12.3 Å². The molecule has 0 unspecified atom stereocenters. The lowest BCUT2D eigenvalue weighted by Crippen LogP contribution is -2.64. The molecule has 3 aromatic rings. The Hall–Kier alpha value is -2.92. The van der Waals surface area contributed by atoms with Crippen LogP contribution in [0.1, 0.15) is 16.8 Å². The summed E-state index contributed by atoms with van der Waals surface area (Å²) in [6.45, 7) is 3.68. The summed E-state index contributed by atoms with van der Waals surface area (Å²) in [5, 5.41) is 3.81. The van der Waals surface area contributed by atoms with Gasteiger partial charge in [-0.15, -0.1) is 0 Å². The molecule has 1 aliphatic heterocycles. The van der Waals surface area contributed by atoms with Gasteiger partial charge in [0.2, 0.25) is 5.91 Å². The van der Waals surface area contributed by atoms with Crippen LogP contribution in [-0.2, 0) is 17.8 Å². The van der Waals surface area contributed by atoms with Crippen LogP contribution in [0.25, 0.3) is 0 Å². The summed E-state index contributed by atoms with van der Waals surface area (Å²) in [7, 11) is 0. The maximum Gasteiger partial charge on any atom is 0.230 e. The molecule has 29 heavy (non-hydrogen) atoms. The Kier molecular flexibility index (Phi) is 5.49. The van der Waals surface area contributed by atoms with E-state index >= 15 is 0 Å². The standard InChI is InChI=1S/C23H23ClN4O/c1-17-5-4-12-25-20(17)14-27-22(29)23(13-18-7-9-19(24)10-8-18)15-28(16-23)21-6-2-3-11-26-21/h2-12H,13-16H2,1H3,(H,27,29). The zero-order valence-electron chi connectivity index (χ0n) is 16.3. The molecule has 0 saturated carbocycles. The van der Waals surface area contributed by atoms with Gasteiger partial charge in [-0.1, -0.05) is 35.9 Å². The maximum atomic E-state index is 13.3. The Morgan fingerprint density at radius 2 is 1.83 bits per heavy atom. The van der Waals surface area contributed by atoms with E-state index in [-0.39, 0.29) is 5.91 Å². The number of anilines is 1. The van der Waals surface area contributed by atoms with Crippen LogP contribution in [-0.4, -0.2) is 29.0 Å². The molecule has 1 saturated heterocycles. The molecular formula is C23H23ClN4O. The molecule has 1 aromatic carbocycles. The topological polar surface area (TPSA) is 58.1 Å². The third kappa shape index (κ3) is 4.25. The zero-order chi connectivity index (χ0) is 20.3. The van der Waals surface area contributed by atoms with Gasteiger partial charge in [-0.2, -0.15) is 0 Å². The minimum Gasteiger partial charge on any atom is -0.354 e. The smallest absolute Gasteiger partial charge is 0.230 e. The van der Waals surface area contributed by atoms with Crippen molar-refractivity contribution in [3.8, 4) is 0 Å². The molecule has 0 atom stereocenters. The predicted octanol–water partition coefficient (Wildman–Crippen LogP) is 3.80. The first-order valence-electron chi connectivity index (χ1n) is 9.65. The van der Waals surface area contributed by atoms with E-state index in [1.54, 1.807) is 12.4 Å². The van der Waals surface area contributed by atoms with E-state index in [0.29, 0.717) is 31.1 Å². The van der Waals surface area contributed by atoms with Crippen molar-refractivity contribution in [3.63, 3.8) is 0 Å². The molecule has 0 radical (unpaired) electrons. The van der Waals surface area contributed by atoms with Crippen molar-refractivity contribution < 1.29 is 4.79 Å². The van der Waals surface area contributed by atoms with Crippen LogP contribution in [0.15, 0.2) is 67.0 Å². The fourth-order valence-electron chi connectivity index (χ4n) is 3.77. The molecule has 0 aliphatic carbocycles. The molecule has 5 nitrogen and oxygen atoms in total. The third-order valence-corrected chi connectivity index (χ3v) is 5.68. The summed E-state index contributed by atoms with van der Waals surface area (Å²) in [4.78, 5) is 24.2. The molecule has 4 rings (SSSR count). The number of carbonyl (C=O) groups excluding carboxylic acids is 1. The summed E-state index contributed by atoms with van der Waals surface area (Å²) < 4.78 is 0. The summed E-state index contributed by atoms with van der Waals surface area (Å²) >= 11 is 6.03. The quantitative estimate of drug-likeness (QED) is 0.676. The average molecular weight is 407 g/mol. The van der Waals surface area contributed by atoms with Crippen molar-refractivity contribution in [2.24, 2.45) is 5.41 Å². The number of halogens is 1. The molecule has 2 aromatic heterocycles. The number of carbonyl (C=O) groups is 1. The van der Waals surface area contributed by atoms with Gasteiger partial charge in [-0.3, -0.25) is 9.78 Å². The number of amides is 1. The van der Waals surface area contributed by atoms with Gasteiger partial charge in [0, 0.05) is 30.5 Å². The molecule has 148 valence electrons. The van der Waals surface area contributed by atoms with E-state index in [4.69, 9.17) is 11.6 Å². The van der Waals surface area contributed by atoms with Crippen LogP contribution in [0.5, 0.6) is 0 Å². The Bertz CT molecular complexity index is 985. The molecule has 6 heteroatoms. The number of hydrogen-bond donors (Lipinski definition) is 1. The maximum absolute atomic E-state index is 13.3. The number of pyridine rings is 2. The van der Waals surface area contributed by atoms with Crippen LogP contribution in [0.3, 0.4) is 0 Å². The number of aryl methyl sites for hydroxylation is 1. The van der Waals surface area contributed by atoms with E-state index < -0.39 is 5.41 Å². The molecule has 1 aliphatic rings. The number of aromatic nitrogens is 2. The van der Waals surface area contributed by atoms with Gasteiger partial charge in [0.15, 0.2) is 0 Å². The van der Waals surface area contributed by atoms with Crippen LogP contribution in [0.4, 0.5) is 5.82 Å². The lowest BCUT2D eigenvalue weighted by Gasteiger charge is -2.49. The summed E-state index contributed by atoms with van der Waals surface area (Å²) in [6, 6.07) is 17.5. The second-order valence-corrected chi connectivity index (χ2v) is 8.01. The van der Waals surface area contributed by atoms with Gasteiger partial charge in [0.05, 0.1) is 17.7 Å². The lowest BCUT2D eigenvalue weighted by molar-refractivity contribution is -0.132. The zero-order valence-corrected chi connectivity index (χ0v) is 17.1. The Morgan fingerprint density at radius 3 is 2.52 bits per heavy atom. The van der Waals surface area contributed by atoms with Gasteiger partial charge < -0.3 is 10.2 Å². The fraction of sp³-hybridized carbons (Fsp3) is 0.261. The molecular weight excluding hydrogens is 384 g/mol. The molecule has 1 N–H and O–H groups in total. The predicted molar refractivity (Wildman–Crippen MR) is 115 cm³/mol. The Labute approximate surface area is 175 Å². The van der Waals surface area contributed by atoms with Gasteiger partial charge >= 0.3 is 0 Å². The van der Waals surface area contributed by atoms with Gasteiger partial charge in [-0.05, 0) is 54.8 Å². The second-order valence-electron chi connectivity index (χ2n) is 7.58. The summed E-state index contributed by atoms with van der Waals surface area (Å²) in [5.74, 6) is 0.942. The first-order valence-corrected chi connectivity index (χ1v) is 10.0. The van der Waals surface area contributed by atoms with Crippen molar-refractivity contribution in [1.29, 1.82) is 0 Å². The first kappa shape index (κ1) is 19.4. The van der Waals surface area contributed by atoms with Crippen LogP contribution in [0.2, 0.25) is 5.02 Å². The van der Waals surface area contributed by atoms with E-state index in [9.17, 15) is 4.79 Å². The Morgan fingerprint density at radius 1 is 1.07 bits per heavy atom.